The molecular formula is C10H16N2O. The minimum Gasteiger partial charge on any atom is -0.359 e. The molecule has 0 amide bonds. The van der Waals surface area contributed by atoms with Crippen molar-refractivity contribution in [2.45, 2.75) is 33.1 Å². The van der Waals surface area contributed by atoms with Gasteiger partial charge in [0.1, 0.15) is 5.76 Å². The molecule has 0 saturated carbocycles. The molecule has 0 aromatic carbocycles. The van der Waals surface area contributed by atoms with Crippen LogP contribution in [-0.4, -0.2) is 5.16 Å². The molecule has 0 saturated heterocycles. The number of hydrogen-bond donors (Lipinski definition) is 1. The smallest absolute Gasteiger partial charge is 0.173 e. The largest absolute Gasteiger partial charge is 0.359 e. The molecule has 0 aliphatic rings. The fourth-order valence-electron chi connectivity index (χ4n) is 0.906. The van der Waals surface area contributed by atoms with E-state index >= 15 is 0 Å². The Morgan fingerprint density at radius 3 is 2.54 bits per heavy atom. The molecule has 0 radical (unpaired) electrons. The highest BCUT2D eigenvalue weighted by Gasteiger charge is 2.19. The van der Waals surface area contributed by atoms with Gasteiger partial charge in [0.25, 0.3) is 0 Å². The van der Waals surface area contributed by atoms with E-state index in [1.54, 1.807) is 0 Å². The zero-order valence-electron chi connectivity index (χ0n) is 8.64. The van der Waals surface area contributed by atoms with Crippen molar-refractivity contribution in [3.05, 3.63) is 24.1 Å². The molecule has 3 nitrogen and oxygen atoms in total. The first-order valence-electron chi connectivity index (χ1n) is 4.29. The van der Waals surface area contributed by atoms with E-state index in [9.17, 15) is 0 Å². The summed E-state index contributed by atoms with van der Waals surface area (Å²) >= 11 is 0. The number of allylic oxidation sites excluding steroid dienone is 1. The van der Waals surface area contributed by atoms with Gasteiger partial charge in [-0.05, 0) is 6.92 Å². The van der Waals surface area contributed by atoms with E-state index in [1.807, 2.05) is 13.0 Å². The van der Waals surface area contributed by atoms with Crippen LogP contribution in [0.25, 0.3) is 0 Å². The summed E-state index contributed by atoms with van der Waals surface area (Å²) in [5, 5.41) is 6.87. The third kappa shape index (κ3) is 2.61. The molecule has 1 rings (SSSR count). The van der Waals surface area contributed by atoms with Crippen LogP contribution in [-0.2, 0) is 5.41 Å². The van der Waals surface area contributed by atoms with E-state index in [-0.39, 0.29) is 5.41 Å². The molecule has 0 aliphatic heterocycles. The number of nitrogens with one attached hydrogen (secondary N) is 1. The zero-order valence-corrected chi connectivity index (χ0v) is 8.64. The van der Waals surface area contributed by atoms with Crippen molar-refractivity contribution in [3.8, 4) is 0 Å². The average molecular weight is 180 g/mol. The molecule has 0 unspecified atom stereocenters. The Balaban J connectivity index is 2.81. The van der Waals surface area contributed by atoms with Crippen LogP contribution in [0.5, 0.6) is 0 Å². The van der Waals surface area contributed by atoms with Crippen LogP contribution in [0.2, 0.25) is 0 Å². The van der Waals surface area contributed by atoms with Crippen LogP contribution in [0.1, 0.15) is 33.5 Å². The van der Waals surface area contributed by atoms with E-state index in [0.29, 0.717) is 0 Å². The summed E-state index contributed by atoms with van der Waals surface area (Å²) in [6, 6.07) is 1.90. The molecule has 1 N–H and O–H groups in total. The summed E-state index contributed by atoms with van der Waals surface area (Å²) < 4.78 is 5.18. The normalized spacial score (nSPS) is 11.4. The van der Waals surface area contributed by atoms with Crippen molar-refractivity contribution >= 4 is 5.82 Å². The highest BCUT2D eigenvalue weighted by Crippen LogP contribution is 2.24. The van der Waals surface area contributed by atoms with E-state index < -0.39 is 0 Å². The van der Waals surface area contributed by atoms with Gasteiger partial charge < -0.3 is 9.84 Å². The van der Waals surface area contributed by atoms with Crippen LogP contribution >= 0.6 is 0 Å². The third-order valence-corrected chi connectivity index (χ3v) is 1.59. The SMILES string of the molecule is C=C(C)Nc1cc(C(C)(C)C)on1. The Morgan fingerprint density at radius 1 is 1.54 bits per heavy atom. The van der Waals surface area contributed by atoms with Gasteiger partial charge in [0.15, 0.2) is 5.82 Å². The van der Waals surface area contributed by atoms with Crippen LogP contribution < -0.4 is 5.32 Å². The fraction of sp³-hybridized carbons (Fsp3) is 0.500. The first-order valence-corrected chi connectivity index (χ1v) is 4.29. The van der Waals surface area contributed by atoms with Crippen molar-refractivity contribution in [2.24, 2.45) is 0 Å². The molecule has 13 heavy (non-hydrogen) atoms. The predicted molar refractivity (Wildman–Crippen MR) is 53.6 cm³/mol. The average Bonchev–Trinajstić information content (AvgIpc) is 2.32. The Bertz CT molecular complexity index is 307. The van der Waals surface area contributed by atoms with Gasteiger partial charge in [-0.3, -0.25) is 0 Å². The Labute approximate surface area is 78.8 Å². The molecule has 72 valence electrons. The standard InChI is InChI=1S/C10H16N2O/c1-7(2)11-9-6-8(13-12-9)10(3,4)5/h6H,1H2,2-5H3,(H,11,12). The molecule has 0 bridgehead atoms. The van der Waals surface area contributed by atoms with E-state index in [4.69, 9.17) is 4.52 Å². The Kier molecular flexibility index (Phi) is 2.45. The lowest BCUT2D eigenvalue weighted by atomic mass is 9.93. The second kappa shape index (κ2) is 3.24. The lowest BCUT2D eigenvalue weighted by Gasteiger charge is -2.12. The van der Waals surface area contributed by atoms with Crippen molar-refractivity contribution in [1.29, 1.82) is 0 Å². The van der Waals surface area contributed by atoms with Crippen molar-refractivity contribution in [2.75, 3.05) is 5.32 Å². The van der Waals surface area contributed by atoms with Crippen LogP contribution in [0.15, 0.2) is 22.9 Å². The van der Waals surface area contributed by atoms with Crippen LogP contribution in [0.3, 0.4) is 0 Å². The molecule has 0 aliphatic carbocycles. The highest BCUT2D eigenvalue weighted by molar-refractivity contribution is 5.40. The number of rotatable bonds is 2. The zero-order chi connectivity index (χ0) is 10.1. The monoisotopic (exact) mass is 180 g/mol. The summed E-state index contributed by atoms with van der Waals surface area (Å²) in [5.74, 6) is 1.59. The third-order valence-electron chi connectivity index (χ3n) is 1.59. The van der Waals surface area contributed by atoms with Gasteiger partial charge in [-0.2, -0.15) is 0 Å². The van der Waals surface area contributed by atoms with Gasteiger partial charge in [-0.15, -0.1) is 0 Å². The minimum atomic E-state index is 0.00199. The molecular weight excluding hydrogens is 164 g/mol. The van der Waals surface area contributed by atoms with Crippen LogP contribution in [0, 0.1) is 0 Å². The van der Waals surface area contributed by atoms with Crippen molar-refractivity contribution in [1.82, 2.24) is 5.16 Å². The summed E-state index contributed by atoms with van der Waals surface area (Å²) in [6.45, 7) is 11.9. The predicted octanol–water partition coefficient (Wildman–Crippen LogP) is 2.92. The van der Waals surface area contributed by atoms with Gasteiger partial charge in [-0.1, -0.05) is 32.5 Å². The van der Waals surface area contributed by atoms with Gasteiger partial charge in [0, 0.05) is 17.2 Å². The molecule has 0 atom stereocenters. The molecule has 1 aromatic rings. The van der Waals surface area contributed by atoms with Gasteiger partial charge in [0.05, 0.1) is 0 Å². The molecule has 0 spiro atoms. The molecule has 1 heterocycles. The second-order valence-corrected chi connectivity index (χ2v) is 4.23. The Morgan fingerprint density at radius 2 is 2.15 bits per heavy atom. The molecule has 0 fully saturated rings. The molecule has 1 aromatic heterocycles. The van der Waals surface area contributed by atoms with E-state index in [0.717, 1.165) is 17.3 Å². The maximum Gasteiger partial charge on any atom is 0.173 e. The quantitative estimate of drug-likeness (QED) is 0.760. The molecule has 3 heteroatoms. The van der Waals surface area contributed by atoms with Gasteiger partial charge >= 0.3 is 0 Å². The maximum atomic E-state index is 5.18. The lowest BCUT2D eigenvalue weighted by molar-refractivity contribution is 0.331. The Hall–Kier alpha value is -1.25. The summed E-state index contributed by atoms with van der Waals surface area (Å²) in [6.07, 6.45) is 0. The fourth-order valence-corrected chi connectivity index (χ4v) is 0.906. The first-order chi connectivity index (χ1) is 5.89. The summed E-state index contributed by atoms with van der Waals surface area (Å²) in [5.41, 5.74) is 0.857. The van der Waals surface area contributed by atoms with E-state index in [2.05, 4.69) is 37.8 Å². The number of anilines is 1. The number of aromatic nitrogens is 1. The van der Waals surface area contributed by atoms with E-state index in [1.165, 1.54) is 0 Å². The van der Waals surface area contributed by atoms with Gasteiger partial charge in [0.2, 0.25) is 0 Å². The van der Waals surface area contributed by atoms with Crippen molar-refractivity contribution < 1.29 is 4.52 Å². The minimum absolute atomic E-state index is 0.00199. The lowest BCUT2D eigenvalue weighted by Crippen LogP contribution is -2.09. The summed E-state index contributed by atoms with van der Waals surface area (Å²) in [4.78, 5) is 0. The number of hydrogen-bond acceptors (Lipinski definition) is 3. The maximum absolute atomic E-state index is 5.18. The van der Waals surface area contributed by atoms with Crippen molar-refractivity contribution in [3.63, 3.8) is 0 Å². The first kappa shape index (κ1) is 9.84. The topological polar surface area (TPSA) is 38.1 Å². The second-order valence-electron chi connectivity index (χ2n) is 4.23. The van der Waals surface area contributed by atoms with Gasteiger partial charge in [-0.25, -0.2) is 0 Å². The van der Waals surface area contributed by atoms with Crippen LogP contribution in [0.4, 0.5) is 5.82 Å². The summed E-state index contributed by atoms with van der Waals surface area (Å²) in [7, 11) is 0. The highest BCUT2D eigenvalue weighted by atomic mass is 16.5. The number of nitrogens with zero attached hydrogens (tertiary/aromatic N) is 1.